The smallest absolute Gasteiger partial charge is 0.323 e. The maximum atomic E-state index is 14.0. The molecule has 2 aromatic carbocycles. The van der Waals surface area contributed by atoms with Gasteiger partial charge in [-0.2, -0.15) is 0 Å². The van der Waals surface area contributed by atoms with Crippen LogP contribution in [0.1, 0.15) is 32.4 Å². The minimum Gasteiger partial charge on any atom is -0.323 e. The fourth-order valence-electron chi connectivity index (χ4n) is 3.82. The molecule has 0 aliphatic carbocycles. The van der Waals surface area contributed by atoms with Crippen LogP contribution in [0.2, 0.25) is 10.0 Å². The molecule has 0 aliphatic heterocycles. The monoisotopic (exact) mass is 516 g/mol. The molecule has 0 amide bonds. The third kappa shape index (κ3) is 4.28. The van der Waals surface area contributed by atoms with Gasteiger partial charge in [-0.1, -0.05) is 55.2 Å². The zero-order valence-electron chi connectivity index (χ0n) is 17.7. The van der Waals surface area contributed by atoms with Crippen molar-refractivity contribution in [2.45, 2.75) is 43.8 Å². The summed E-state index contributed by atoms with van der Waals surface area (Å²) in [5.41, 5.74) is 1.00. The van der Waals surface area contributed by atoms with Gasteiger partial charge in [-0.25, -0.2) is 12.7 Å². The number of aryl methyl sites for hydroxylation is 1. The zero-order chi connectivity index (χ0) is 23.9. The average molecular weight is 517 g/mol. The standard InChI is InChI=1S/C21H23Cl2N2O5PS/c1-4-21(5-2,31(26,27)28)25(32(29,30)18-12-16(22)11-17(23)13-18)19-8-6-7-15-10-9-14(3)24-20(15)19/h6-13H,4-5H2,1-3H3,(H2,26,27,28). The number of benzene rings is 2. The number of anilines is 1. The van der Waals surface area contributed by atoms with Crippen LogP contribution in [0.15, 0.2) is 53.4 Å². The summed E-state index contributed by atoms with van der Waals surface area (Å²) in [5, 5.41) is -1.26. The van der Waals surface area contributed by atoms with Crippen molar-refractivity contribution in [3.05, 3.63) is 64.3 Å². The van der Waals surface area contributed by atoms with Crippen molar-refractivity contribution in [3.8, 4) is 0 Å². The number of fused-ring (bicyclic) bond motifs is 1. The van der Waals surface area contributed by atoms with Gasteiger partial charge < -0.3 is 9.79 Å². The van der Waals surface area contributed by atoms with Crippen molar-refractivity contribution in [1.82, 2.24) is 4.98 Å². The first-order valence-corrected chi connectivity index (χ1v) is 13.6. The molecular formula is C21H23Cl2N2O5PS. The van der Waals surface area contributed by atoms with E-state index in [4.69, 9.17) is 23.2 Å². The summed E-state index contributed by atoms with van der Waals surface area (Å²) >= 11 is 12.1. The van der Waals surface area contributed by atoms with Gasteiger partial charge in [-0.15, -0.1) is 0 Å². The molecule has 0 fully saturated rings. The molecule has 0 saturated heterocycles. The molecule has 3 rings (SSSR count). The molecule has 1 heterocycles. The van der Waals surface area contributed by atoms with Gasteiger partial charge in [0.2, 0.25) is 0 Å². The van der Waals surface area contributed by atoms with E-state index in [1.54, 1.807) is 45.0 Å². The van der Waals surface area contributed by atoms with E-state index >= 15 is 0 Å². The highest BCUT2D eigenvalue weighted by Gasteiger charge is 2.54. The number of sulfonamides is 1. The predicted molar refractivity (Wildman–Crippen MR) is 128 cm³/mol. The second-order valence-corrected chi connectivity index (χ2v) is 12.0. The third-order valence-electron chi connectivity index (χ3n) is 5.48. The van der Waals surface area contributed by atoms with Crippen molar-refractivity contribution in [1.29, 1.82) is 0 Å². The summed E-state index contributed by atoms with van der Waals surface area (Å²) in [6, 6.07) is 12.2. The van der Waals surface area contributed by atoms with Gasteiger partial charge in [0.1, 0.15) is 0 Å². The Morgan fingerprint density at radius 2 is 1.62 bits per heavy atom. The molecule has 32 heavy (non-hydrogen) atoms. The summed E-state index contributed by atoms with van der Waals surface area (Å²) in [6.45, 7) is 4.83. The highest BCUT2D eigenvalue weighted by molar-refractivity contribution is 7.93. The van der Waals surface area contributed by atoms with Crippen LogP contribution in [0.3, 0.4) is 0 Å². The van der Waals surface area contributed by atoms with Crippen molar-refractivity contribution in [2.24, 2.45) is 0 Å². The van der Waals surface area contributed by atoms with Crippen LogP contribution in [0, 0.1) is 6.92 Å². The Labute approximate surface area is 197 Å². The minimum absolute atomic E-state index is 0.0642. The Morgan fingerprint density at radius 1 is 1.03 bits per heavy atom. The SMILES string of the molecule is CCC(CC)(N(c1cccc2ccc(C)nc12)S(=O)(=O)c1cc(Cl)cc(Cl)c1)P(=O)(O)O. The van der Waals surface area contributed by atoms with E-state index in [2.05, 4.69) is 4.98 Å². The maximum Gasteiger partial charge on any atom is 0.351 e. The van der Waals surface area contributed by atoms with Gasteiger partial charge in [0.25, 0.3) is 10.0 Å². The number of hydrogen-bond acceptors (Lipinski definition) is 4. The third-order valence-corrected chi connectivity index (χ3v) is 9.83. The number of rotatable bonds is 7. The molecule has 3 aromatic rings. The lowest BCUT2D eigenvalue weighted by molar-refractivity contribution is 0.317. The number of pyridine rings is 1. The van der Waals surface area contributed by atoms with E-state index in [0.717, 1.165) is 4.31 Å². The molecule has 0 saturated carbocycles. The van der Waals surface area contributed by atoms with Crippen LogP contribution in [0.25, 0.3) is 10.9 Å². The highest BCUT2D eigenvalue weighted by Crippen LogP contribution is 2.59. The largest absolute Gasteiger partial charge is 0.351 e. The lowest BCUT2D eigenvalue weighted by atomic mass is 10.1. The maximum absolute atomic E-state index is 14.0. The molecule has 0 atom stereocenters. The molecule has 2 N–H and O–H groups in total. The summed E-state index contributed by atoms with van der Waals surface area (Å²) in [5.74, 6) is 0. The van der Waals surface area contributed by atoms with Gasteiger partial charge in [0.05, 0.1) is 16.1 Å². The van der Waals surface area contributed by atoms with Gasteiger partial charge in [0, 0.05) is 21.1 Å². The molecule has 172 valence electrons. The Kier molecular flexibility index (Phi) is 6.97. The van der Waals surface area contributed by atoms with E-state index in [1.165, 1.54) is 24.3 Å². The van der Waals surface area contributed by atoms with Gasteiger partial charge >= 0.3 is 7.60 Å². The first kappa shape index (κ1) is 25.0. The topological polar surface area (TPSA) is 108 Å². The van der Waals surface area contributed by atoms with Crippen LogP contribution in [0.5, 0.6) is 0 Å². The summed E-state index contributed by atoms with van der Waals surface area (Å²) in [6.07, 6.45) is -0.299. The number of para-hydroxylation sites is 1. The lowest BCUT2D eigenvalue weighted by Crippen LogP contribution is -2.51. The zero-order valence-corrected chi connectivity index (χ0v) is 20.9. The summed E-state index contributed by atoms with van der Waals surface area (Å²) < 4.78 is 41.7. The Morgan fingerprint density at radius 3 is 2.16 bits per heavy atom. The summed E-state index contributed by atoms with van der Waals surface area (Å²) in [4.78, 5) is 25.1. The first-order valence-electron chi connectivity index (χ1n) is 9.81. The van der Waals surface area contributed by atoms with Crippen molar-refractivity contribution in [2.75, 3.05) is 4.31 Å². The quantitative estimate of drug-likeness (QED) is 0.387. The molecule has 11 heteroatoms. The van der Waals surface area contributed by atoms with E-state index in [9.17, 15) is 22.8 Å². The Bertz CT molecular complexity index is 1300. The normalized spacial score (nSPS) is 12.8. The molecule has 0 bridgehead atoms. The molecule has 0 radical (unpaired) electrons. The number of hydrogen-bond donors (Lipinski definition) is 2. The first-order chi connectivity index (χ1) is 14.9. The van der Waals surface area contributed by atoms with Gasteiger partial charge in [-0.3, -0.25) is 9.55 Å². The molecular weight excluding hydrogens is 494 g/mol. The van der Waals surface area contributed by atoms with Crippen molar-refractivity contribution >= 4 is 57.4 Å². The fraction of sp³-hybridized carbons (Fsp3) is 0.286. The van der Waals surface area contributed by atoms with E-state index in [0.29, 0.717) is 16.6 Å². The molecule has 7 nitrogen and oxygen atoms in total. The molecule has 0 aliphatic rings. The van der Waals surface area contributed by atoms with Crippen LogP contribution in [0.4, 0.5) is 5.69 Å². The molecule has 0 unspecified atom stereocenters. The van der Waals surface area contributed by atoms with Crippen molar-refractivity contribution in [3.63, 3.8) is 0 Å². The van der Waals surface area contributed by atoms with E-state index in [-0.39, 0.29) is 33.5 Å². The van der Waals surface area contributed by atoms with Gasteiger partial charge in [0.15, 0.2) is 5.28 Å². The van der Waals surface area contributed by atoms with E-state index in [1.807, 2.05) is 0 Å². The second-order valence-electron chi connectivity index (χ2n) is 7.41. The molecule has 0 spiro atoms. The Hall–Kier alpha value is -1.67. The Balaban J connectivity index is 2.49. The van der Waals surface area contributed by atoms with Crippen molar-refractivity contribution < 1.29 is 22.8 Å². The van der Waals surface area contributed by atoms with Crippen LogP contribution < -0.4 is 4.31 Å². The van der Waals surface area contributed by atoms with Crippen LogP contribution in [-0.2, 0) is 14.6 Å². The number of aromatic nitrogens is 1. The predicted octanol–water partition coefficient (Wildman–Crippen LogP) is 5.74. The number of nitrogens with zero attached hydrogens (tertiary/aromatic N) is 2. The lowest BCUT2D eigenvalue weighted by Gasteiger charge is -2.43. The second kappa shape index (κ2) is 8.93. The number of halogens is 2. The average Bonchev–Trinajstić information content (AvgIpc) is 2.70. The minimum atomic E-state index is -5.01. The fourth-order valence-corrected chi connectivity index (χ4v) is 8.16. The highest BCUT2D eigenvalue weighted by atomic mass is 35.5. The summed E-state index contributed by atoms with van der Waals surface area (Å²) in [7, 11) is -9.54. The van der Waals surface area contributed by atoms with Gasteiger partial charge in [-0.05, 0) is 50.1 Å². The van der Waals surface area contributed by atoms with E-state index < -0.39 is 22.9 Å². The molecule has 1 aromatic heterocycles. The van der Waals surface area contributed by atoms with Crippen LogP contribution >= 0.6 is 30.8 Å². The van der Waals surface area contributed by atoms with Crippen LogP contribution in [-0.4, -0.2) is 28.5 Å².